The first-order valence-corrected chi connectivity index (χ1v) is 8.35. The maximum atomic E-state index is 11.8. The van der Waals surface area contributed by atoms with Crippen LogP contribution in [0.25, 0.3) is 11.0 Å². The van der Waals surface area contributed by atoms with Crippen LogP contribution in [0.4, 0.5) is 0 Å². The largest absolute Gasteiger partial charge is 0.272 e. The molecule has 2 heterocycles. The summed E-state index contributed by atoms with van der Waals surface area (Å²) in [5, 5.41) is 13.1. The van der Waals surface area contributed by atoms with Gasteiger partial charge in [-0.3, -0.25) is 4.79 Å². The fourth-order valence-electron chi connectivity index (χ4n) is 2.05. The third-order valence-corrected chi connectivity index (χ3v) is 4.10. The summed E-state index contributed by atoms with van der Waals surface area (Å²) in [6.45, 7) is 2.30. The van der Waals surface area contributed by atoms with Crippen molar-refractivity contribution in [2.75, 3.05) is 5.75 Å². The first-order valence-electron chi connectivity index (χ1n) is 7.36. The minimum Gasteiger partial charge on any atom is -0.272 e. The molecule has 0 spiro atoms. The maximum absolute atomic E-state index is 11.8. The van der Waals surface area contributed by atoms with Crippen molar-refractivity contribution in [3.8, 4) is 0 Å². The van der Waals surface area contributed by atoms with Gasteiger partial charge in [0.25, 0.3) is 0 Å². The third kappa shape index (κ3) is 4.17. The second kappa shape index (κ2) is 7.69. The number of carbonyl (C=O) groups is 1. The molecule has 0 radical (unpaired) electrons. The van der Waals surface area contributed by atoms with E-state index in [1.54, 1.807) is 10.9 Å². The fraction of sp³-hybridized carbons (Fsp3) is 0.188. The first-order chi connectivity index (χ1) is 11.7. The van der Waals surface area contributed by atoms with E-state index in [-0.39, 0.29) is 11.7 Å². The summed E-state index contributed by atoms with van der Waals surface area (Å²) in [5.41, 5.74) is 5.06. The Kier molecular flexibility index (Phi) is 5.17. The second-order valence-corrected chi connectivity index (χ2v) is 6.07. The average Bonchev–Trinajstić information content (AvgIpc) is 3.02. The molecule has 0 aliphatic heterocycles. The Morgan fingerprint density at radius 2 is 2.08 bits per heavy atom. The van der Waals surface area contributed by atoms with Gasteiger partial charge in [-0.05, 0) is 31.2 Å². The van der Waals surface area contributed by atoms with E-state index in [9.17, 15) is 4.79 Å². The highest BCUT2D eigenvalue weighted by atomic mass is 32.2. The van der Waals surface area contributed by atoms with Crippen LogP contribution >= 0.6 is 11.8 Å². The highest BCUT2D eigenvalue weighted by Crippen LogP contribution is 2.13. The van der Waals surface area contributed by atoms with Gasteiger partial charge in [0.15, 0.2) is 0 Å². The molecular weight excluding hydrogens is 324 g/mol. The van der Waals surface area contributed by atoms with E-state index in [0.717, 1.165) is 21.8 Å². The zero-order chi connectivity index (χ0) is 16.8. The number of amides is 1. The molecule has 1 aromatic carbocycles. The number of fused-ring (bicyclic) bond motifs is 1. The van der Waals surface area contributed by atoms with E-state index >= 15 is 0 Å². The van der Waals surface area contributed by atoms with Gasteiger partial charge in [-0.2, -0.15) is 5.10 Å². The molecule has 0 saturated carbocycles. The minimum absolute atomic E-state index is 0.173. The Bertz CT molecular complexity index is 861. The van der Waals surface area contributed by atoms with Crippen molar-refractivity contribution in [3.63, 3.8) is 0 Å². The monoisotopic (exact) mass is 340 g/mol. The molecule has 0 fully saturated rings. The average molecular weight is 340 g/mol. The van der Waals surface area contributed by atoms with E-state index < -0.39 is 0 Å². The molecule has 3 aromatic rings. The predicted octanol–water partition coefficient (Wildman–Crippen LogP) is 2.11. The molecule has 1 amide bonds. The maximum Gasteiger partial charge on any atom is 0.250 e. The number of para-hydroxylation sites is 1. The molecule has 1 N–H and O–H groups in total. The molecule has 24 heavy (non-hydrogen) atoms. The van der Waals surface area contributed by atoms with Gasteiger partial charge in [0.1, 0.15) is 5.52 Å². The van der Waals surface area contributed by atoms with E-state index in [0.29, 0.717) is 6.54 Å². The predicted molar refractivity (Wildman–Crippen MR) is 93.7 cm³/mol. The lowest BCUT2D eigenvalue weighted by molar-refractivity contribution is -0.118. The molecule has 8 heteroatoms. The van der Waals surface area contributed by atoms with Gasteiger partial charge in [0, 0.05) is 6.20 Å². The SMILES string of the molecule is C/C(Cn1nnc2ccccc21)=N\NC(=O)CSc1ccccn1. The molecular formula is C16H16N6OS. The van der Waals surface area contributed by atoms with E-state index in [1.807, 2.05) is 49.4 Å². The van der Waals surface area contributed by atoms with E-state index in [1.165, 1.54) is 11.8 Å². The van der Waals surface area contributed by atoms with Gasteiger partial charge in [-0.25, -0.2) is 15.1 Å². The molecule has 2 aromatic heterocycles. The molecule has 0 bridgehead atoms. The van der Waals surface area contributed by atoms with Crippen molar-refractivity contribution in [1.82, 2.24) is 25.4 Å². The smallest absolute Gasteiger partial charge is 0.250 e. The topological polar surface area (TPSA) is 85.1 Å². The Morgan fingerprint density at radius 1 is 1.25 bits per heavy atom. The van der Waals surface area contributed by atoms with Crippen LogP contribution < -0.4 is 5.43 Å². The van der Waals surface area contributed by atoms with Crippen LogP contribution in [0.3, 0.4) is 0 Å². The van der Waals surface area contributed by atoms with Crippen molar-refractivity contribution >= 4 is 34.4 Å². The molecule has 0 unspecified atom stereocenters. The fourth-order valence-corrected chi connectivity index (χ4v) is 2.70. The van der Waals surface area contributed by atoms with Gasteiger partial charge in [0.05, 0.1) is 28.6 Å². The van der Waals surface area contributed by atoms with Crippen LogP contribution in [0.2, 0.25) is 0 Å². The highest BCUT2D eigenvalue weighted by molar-refractivity contribution is 7.99. The lowest BCUT2D eigenvalue weighted by atomic mass is 10.3. The van der Waals surface area contributed by atoms with E-state index in [2.05, 4.69) is 25.8 Å². The number of benzene rings is 1. The van der Waals surface area contributed by atoms with E-state index in [4.69, 9.17) is 0 Å². The number of thioether (sulfide) groups is 1. The Morgan fingerprint density at radius 3 is 2.92 bits per heavy atom. The summed E-state index contributed by atoms with van der Waals surface area (Å²) >= 11 is 1.37. The van der Waals surface area contributed by atoms with Crippen molar-refractivity contribution in [2.45, 2.75) is 18.5 Å². The summed E-state index contributed by atoms with van der Waals surface area (Å²) in [5.74, 6) is 0.0912. The highest BCUT2D eigenvalue weighted by Gasteiger charge is 2.06. The van der Waals surface area contributed by atoms with Crippen molar-refractivity contribution < 1.29 is 4.79 Å². The Balaban J connectivity index is 1.53. The summed E-state index contributed by atoms with van der Waals surface area (Å²) in [7, 11) is 0. The summed E-state index contributed by atoms with van der Waals surface area (Å²) in [6.07, 6.45) is 1.70. The zero-order valence-corrected chi connectivity index (χ0v) is 13.9. The molecule has 0 aliphatic carbocycles. The van der Waals surface area contributed by atoms with Gasteiger partial charge in [0.2, 0.25) is 5.91 Å². The van der Waals surface area contributed by atoms with Gasteiger partial charge < -0.3 is 0 Å². The van der Waals surface area contributed by atoms with Gasteiger partial charge in [-0.15, -0.1) is 5.10 Å². The lowest BCUT2D eigenvalue weighted by Gasteiger charge is -2.03. The normalized spacial score (nSPS) is 11.6. The molecule has 0 atom stereocenters. The number of hydrogen-bond acceptors (Lipinski definition) is 6. The number of rotatable bonds is 6. The van der Waals surface area contributed by atoms with Crippen LogP contribution in [0, 0.1) is 0 Å². The lowest BCUT2D eigenvalue weighted by Crippen LogP contribution is -2.22. The standard InChI is InChI=1S/C16H16N6OS/c1-12(10-22-14-7-3-2-6-13(14)19-21-22)18-20-15(23)11-24-16-8-4-5-9-17-16/h2-9H,10-11H2,1H3,(H,20,23)/b18-12+. The van der Waals surface area contributed by atoms with Crippen LogP contribution in [-0.4, -0.2) is 37.3 Å². The number of hydrogen-bond donors (Lipinski definition) is 1. The molecule has 3 rings (SSSR count). The molecule has 7 nitrogen and oxygen atoms in total. The van der Waals surface area contributed by atoms with Crippen molar-refractivity contribution in [3.05, 3.63) is 48.7 Å². The van der Waals surface area contributed by atoms with Crippen LogP contribution in [0.1, 0.15) is 6.92 Å². The van der Waals surface area contributed by atoms with Crippen LogP contribution in [0.5, 0.6) is 0 Å². The Labute approximate surface area is 143 Å². The number of hydrazone groups is 1. The summed E-state index contributed by atoms with van der Waals surface area (Å²) in [6, 6.07) is 13.3. The Hall–Kier alpha value is -2.74. The molecule has 0 saturated heterocycles. The number of aromatic nitrogens is 4. The second-order valence-electron chi connectivity index (χ2n) is 5.07. The quantitative estimate of drug-likeness (QED) is 0.422. The van der Waals surface area contributed by atoms with Gasteiger partial charge >= 0.3 is 0 Å². The number of pyridine rings is 1. The van der Waals surface area contributed by atoms with Crippen LogP contribution in [0.15, 0.2) is 58.8 Å². The summed E-state index contributed by atoms with van der Waals surface area (Å²) in [4.78, 5) is 16.0. The minimum atomic E-state index is -0.173. The third-order valence-electron chi connectivity index (χ3n) is 3.16. The van der Waals surface area contributed by atoms with Gasteiger partial charge in [-0.1, -0.05) is 35.2 Å². The van der Waals surface area contributed by atoms with Crippen LogP contribution in [-0.2, 0) is 11.3 Å². The summed E-state index contributed by atoms with van der Waals surface area (Å²) < 4.78 is 1.75. The van der Waals surface area contributed by atoms with Crippen molar-refractivity contribution in [2.24, 2.45) is 5.10 Å². The number of nitrogens with one attached hydrogen (secondary N) is 1. The molecule has 0 aliphatic rings. The molecule has 122 valence electrons. The number of carbonyl (C=O) groups excluding carboxylic acids is 1. The van der Waals surface area contributed by atoms with Crippen molar-refractivity contribution in [1.29, 1.82) is 0 Å². The zero-order valence-electron chi connectivity index (χ0n) is 13.1. The first kappa shape index (κ1) is 16.1. The number of nitrogens with zero attached hydrogens (tertiary/aromatic N) is 5.